The molecule has 0 saturated heterocycles. The van der Waals surface area contributed by atoms with E-state index in [2.05, 4.69) is 35.8 Å². The van der Waals surface area contributed by atoms with Crippen LogP contribution < -0.4 is 0 Å². The summed E-state index contributed by atoms with van der Waals surface area (Å²) in [6.45, 7) is 5.78. The third kappa shape index (κ3) is 4.72. The van der Waals surface area contributed by atoms with Gasteiger partial charge >= 0.3 is 0 Å². The molecule has 1 aliphatic rings. The van der Waals surface area contributed by atoms with Gasteiger partial charge in [-0.15, -0.1) is 0 Å². The van der Waals surface area contributed by atoms with Gasteiger partial charge in [0.05, 0.1) is 22.7 Å². The number of nitrogens with zero attached hydrogens (tertiary/aromatic N) is 2. The molecule has 1 aromatic heterocycles. The zero-order valence-electron chi connectivity index (χ0n) is 19.2. The zero-order valence-corrected chi connectivity index (χ0v) is 19.2. The number of nitrogens with one attached hydrogen (secondary N) is 1. The number of aryl methyl sites for hydroxylation is 1. The first kappa shape index (κ1) is 22.9. The monoisotopic (exact) mass is 439 g/mol. The second kappa shape index (κ2) is 9.30. The average molecular weight is 440 g/mol. The van der Waals surface area contributed by atoms with Gasteiger partial charge in [0.2, 0.25) is 0 Å². The number of rotatable bonds is 8. The van der Waals surface area contributed by atoms with Crippen LogP contribution in [-0.2, 0) is 6.42 Å². The van der Waals surface area contributed by atoms with Crippen molar-refractivity contribution in [3.05, 3.63) is 65.2 Å². The molecule has 1 heterocycles. The number of H-pyrrole nitrogens is 1. The predicted octanol–water partition coefficient (Wildman–Crippen LogP) is 4.56. The van der Waals surface area contributed by atoms with Crippen molar-refractivity contribution in [1.29, 1.82) is 0 Å². The molecule has 0 bridgehead atoms. The summed E-state index contributed by atoms with van der Waals surface area (Å²) in [7, 11) is 2.06. The Kier molecular flexibility index (Phi) is 6.65. The summed E-state index contributed by atoms with van der Waals surface area (Å²) in [6, 6.07) is 12.6. The van der Waals surface area contributed by atoms with Gasteiger partial charge in [-0.25, -0.2) is 9.37 Å². The number of aliphatic hydroxyl groups is 2. The second-order valence-corrected chi connectivity index (χ2v) is 9.68. The van der Waals surface area contributed by atoms with Crippen LogP contribution >= 0.6 is 0 Å². The Labute approximate surface area is 189 Å². The number of aromatic amines is 1. The summed E-state index contributed by atoms with van der Waals surface area (Å²) in [5, 5.41) is 22.3. The third-order valence-corrected chi connectivity index (χ3v) is 6.85. The van der Waals surface area contributed by atoms with Crippen LogP contribution in [-0.4, -0.2) is 50.8 Å². The first-order chi connectivity index (χ1) is 15.3. The molecule has 0 spiro atoms. The molecule has 0 radical (unpaired) electrons. The molecular weight excluding hydrogens is 405 g/mol. The fraction of sp³-hybridized carbons (Fsp3) is 0.500. The minimum atomic E-state index is -1.02. The molecule has 1 aliphatic carbocycles. The molecule has 3 aromatic rings. The van der Waals surface area contributed by atoms with Crippen molar-refractivity contribution in [1.82, 2.24) is 14.9 Å². The number of aliphatic hydroxyl groups excluding tert-OH is 1. The van der Waals surface area contributed by atoms with E-state index in [1.807, 2.05) is 24.3 Å². The normalized spacial score (nSPS) is 23.2. The molecule has 4 rings (SSSR count). The summed E-state index contributed by atoms with van der Waals surface area (Å²) >= 11 is 0. The second-order valence-electron chi connectivity index (χ2n) is 9.68. The van der Waals surface area contributed by atoms with Crippen LogP contribution in [0.4, 0.5) is 4.39 Å². The van der Waals surface area contributed by atoms with E-state index < -0.39 is 11.7 Å². The van der Waals surface area contributed by atoms with Gasteiger partial charge in [-0.3, -0.25) is 0 Å². The topological polar surface area (TPSA) is 72.4 Å². The molecule has 2 aromatic carbocycles. The van der Waals surface area contributed by atoms with Crippen molar-refractivity contribution in [3.8, 4) is 0 Å². The standard InChI is InChI=1S/C26H34FN3O2/c1-17(2)25-19-11-10-18(27)15-20(19)23(31)16-26(25,32)12-14-30(3)13-6-9-24-28-21-7-4-5-8-22(21)29-24/h4-5,7-8,10-11,15,17,23,25,31-32H,6,9,12-14,16H2,1-3H3,(H,28,29)/t23-,25+,26-/m1/s1. The Hall–Kier alpha value is -2.28. The lowest BCUT2D eigenvalue weighted by Gasteiger charge is -2.46. The van der Waals surface area contributed by atoms with Crippen LogP contribution in [0.5, 0.6) is 0 Å². The van der Waals surface area contributed by atoms with Gasteiger partial charge in [-0.05, 0) is 67.7 Å². The molecule has 32 heavy (non-hydrogen) atoms. The minimum absolute atomic E-state index is 0.134. The summed E-state index contributed by atoms with van der Waals surface area (Å²) in [6.07, 6.45) is 1.78. The van der Waals surface area contributed by atoms with E-state index in [1.165, 1.54) is 12.1 Å². The van der Waals surface area contributed by atoms with Gasteiger partial charge in [0.15, 0.2) is 0 Å². The summed E-state index contributed by atoms with van der Waals surface area (Å²) < 4.78 is 13.8. The average Bonchev–Trinajstić information content (AvgIpc) is 3.15. The smallest absolute Gasteiger partial charge is 0.123 e. The van der Waals surface area contributed by atoms with E-state index in [-0.39, 0.29) is 24.1 Å². The Morgan fingerprint density at radius 1 is 1.19 bits per heavy atom. The number of benzene rings is 2. The molecule has 6 heteroatoms. The Morgan fingerprint density at radius 3 is 2.72 bits per heavy atom. The van der Waals surface area contributed by atoms with E-state index in [4.69, 9.17) is 0 Å². The minimum Gasteiger partial charge on any atom is -0.389 e. The zero-order chi connectivity index (χ0) is 22.9. The number of fused-ring (bicyclic) bond motifs is 2. The summed E-state index contributed by atoms with van der Waals surface area (Å²) in [4.78, 5) is 10.2. The number of para-hydroxylation sites is 2. The molecule has 0 amide bonds. The Balaban J connectivity index is 1.36. The Bertz CT molecular complexity index is 1030. The van der Waals surface area contributed by atoms with E-state index in [0.29, 0.717) is 12.0 Å². The Morgan fingerprint density at radius 2 is 1.97 bits per heavy atom. The van der Waals surface area contributed by atoms with Crippen molar-refractivity contribution in [3.63, 3.8) is 0 Å². The number of hydrogen-bond donors (Lipinski definition) is 3. The number of halogens is 1. The van der Waals surface area contributed by atoms with Crippen molar-refractivity contribution in [2.24, 2.45) is 5.92 Å². The van der Waals surface area contributed by atoms with E-state index in [9.17, 15) is 14.6 Å². The van der Waals surface area contributed by atoms with Crippen LogP contribution in [0.2, 0.25) is 0 Å². The molecular formula is C26H34FN3O2. The lowest BCUT2D eigenvalue weighted by molar-refractivity contribution is -0.0656. The van der Waals surface area contributed by atoms with Crippen LogP contribution in [0.1, 0.15) is 62.1 Å². The highest BCUT2D eigenvalue weighted by Gasteiger charge is 2.46. The van der Waals surface area contributed by atoms with Crippen molar-refractivity contribution in [2.45, 2.75) is 57.2 Å². The quantitative estimate of drug-likeness (QED) is 0.481. The van der Waals surface area contributed by atoms with Crippen LogP contribution in [0, 0.1) is 11.7 Å². The first-order valence-corrected chi connectivity index (χ1v) is 11.6. The van der Waals surface area contributed by atoms with Crippen molar-refractivity contribution >= 4 is 11.0 Å². The van der Waals surface area contributed by atoms with Gasteiger partial charge in [0, 0.05) is 25.3 Å². The van der Waals surface area contributed by atoms with Gasteiger partial charge < -0.3 is 20.1 Å². The first-order valence-electron chi connectivity index (χ1n) is 11.6. The molecule has 0 aliphatic heterocycles. The number of aromatic nitrogens is 2. The van der Waals surface area contributed by atoms with Gasteiger partial charge in [-0.1, -0.05) is 32.0 Å². The highest BCUT2D eigenvalue weighted by atomic mass is 19.1. The highest BCUT2D eigenvalue weighted by molar-refractivity contribution is 5.74. The fourth-order valence-corrected chi connectivity index (χ4v) is 5.35. The highest BCUT2D eigenvalue weighted by Crippen LogP contribution is 2.49. The van der Waals surface area contributed by atoms with E-state index in [1.54, 1.807) is 6.07 Å². The molecule has 0 saturated carbocycles. The number of hydrogen-bond acceptors (Lipinski definition) is 4. The van der Waals surface area contributed by atoms with E-state index in [0.717, 1.165) is 48.4 Å². The summed E-state index contributed by atoms with van der Waals surface area (Å²) in [5.41, 5.74) is 2.52. The van der Waals surface area contributed by atoms with Crippen molar-refractivity contribution < 1.29 is 14.6 Å². The maximum atomic E-state index is 13.8. The molecule has 3 N–H and O–H groups in total. The van der Waals surface area contributed by atoms with Gasteiger partial charge in [-0.2, -0.15) is 0 Å². The summed E-state index contributed by atoms with van der Waals surface area (Å²) in [5.74, 6) is 0.692. The van der Waals surface area contributed by atoms with Gasteiger partial charge in [0.25, 0.3) is 0 Å². The third-order valence-electron chi connectivity index (χ3n) is 6.85. The largest absolute Gasteiger partial charge is 0.389 e. The van der Waals surface area contributed by atoms with Crippen LogP contribution in [0.25, 0.3) is 11.0 Å². The number of imidazole rings is 1. The van der Waals surface area contributed by atoms with Crippen LogP contribution in [0.3, 0.4) is 0 Å². The molecule has 0 unspecified atom stereocenters. The maximum Gasteiger partial charge on any atom is 0.123 e. The van der Waals surface area contributed by atoms with Gasteiger partial charge in [0.1, 0.15) is 11.6 Å². The van der Waals surface area contributed by atoms with E-state index >= 15 is 0 Å². The SMILES string of the molecule is CC(C)[C@H]1c2ccc(F)cc2[C@H](O)C[C@]1(O)CCN(C)CCCc1nc2ccccc2[nH]1. The molecule has 172 valence electrons. The fourth-order valence-electron chi connectivity index (χ4n) is 5.35. The van der Waals surface area contributed by atoms with Crippen molar-refractivity contribution in [2.75, 3.05) is 20.1 Å². The predicted molar refractivity (Wildman–Crippen MR) is 125 cm³/mol. The lowest BCUT2D eigenvalue weighted by Crippen LogP contribution is -2.46. The lowest BCUT2D eigenvalue weighted by atomic mass is 9.65. The molecule has 5 nitrogen and oxygen atoms in total. The molecule has 0 fully saturated rings. The maximum absolute atomic E-state index is 13.8. The van der Waals surface area contributed by atoms with Crippen LogP contribution in [0.15, 0.2) is 42.5 Å². The molecule has 3 atom stereocenters.